The molecule has 0 spiro atoms. The second-order valence-electron chi connectivity index (χ2n) is 5.82. The van der Waals surface area contributed by atoms with E-state index in [0.717, 1.165) is 44.6 Å². The van der Waals surface area contributed by atoms with Crippen LogP contribution in [0, 0.1) is 5.92 Å². The highest BCUT2D eigenvalue weighted by atomic mass is 35.5. The third kappa shape index (κ3) is 4.99. The lowest BCUT2D eigenvalue weighted by Gasteiger charge is -2.31. The molecule has 7 heteroatoms. The molecule has 1 saturated heterocycles. The van der Waals surface area contributed by atoms with Gasteiger partial charge in [-0.1, -0.05) is 11.6 Å². The third-order valence-corrected chi connectivity index (χ3v) is 4.38. The number of nitrogens with two attached hydrogens (primary N) is 2. The van der Waals surface area contributed by atoms with Gasteiger partial charge >= 0.3 is 0 Å². The van der Waals surface area contributed by atoms with Crippen LogP contribution in [0.2, 0.25) is 5.02 Å². The molecule has 1 aromatic carbocycles. The summed E-state index contributed by atoms with van der Waals surface area (Å²) in [5, 5.41) is 0.414. The van der Waals surface area contributed by atoms with Crippen molar-refractivity contribution >= 4 is 17.5 Å². The highest BCUT2D eigenvalue weighted by molar-refractivity contribution is 6.32. The molecule has 1 aliphatic heterocycles. The number of benzene rings is 1. The number of methoxy groups -OCH3 is 1. The Morgan fingerprint density at radius 2 is 2.09 bits per heavy atom. The molecule has 4 N–H and O–H groups in total. The van der Waals surface area contributed by atoms with E-state index in [-0.39, 0.29) is 6.61 Å². The van der Waals surface area contributed by atoms with Crippen LogP contribution in [0.1, 0.15) is 18.4 Å². The molecule has 1 amide bonds. The number of hydrogen-bond acceptors (Lipinski definition) is 5. The molecule has 1 fully saturated rings. The molecule has 0 radical (unpaired) electrons. The summed E-state index contributed by atoms with van der Waals surface area (Å²) in [7, 11) is 1.54. The molecule has 6 nitrogen and oxygen atoms in total. The molecule has 1 aliphatic rings. The fraction of sp³-hybridized carbons (Fsp3) is 0.562. The minimum absolute atomic E-state index is 0.234. The van der Waals surface area contributed by atoms with E-state index in [4.69, 9.17) is 32.5 Å². The van der Waals surface area contributed by atoms with Crippen molar-refractivity contribution in [2.75, 3.05) is 33.4 Å². The first-order valence-corrected chi connectivity index (χ1v) is 8.11. The number of hydrogen-bond donors (Lipinski definition) is 2. The number of amides is 1. The average molecular weight is 342 g/mol. The van der Waals surface area contributed by atoms with Gasteiger partial charge in [0.2, 0.25) is 0 Å². The summed E-state index contributed by atoms with van der Waals surface area (Å²) in [5.41, 5.74) is 11.9. The van der Waals surface area contributed by atoms with E-state index in [1.165, 1.54) is 0 Å². The third-order valence-electron chi connectivity index (χ3n) is 4.09. The van der Waals surface area contributed by atoms with Crippen LogP contribution >= 0.6 is 11.6 Å². The van der Waals surface area contributed by atoms with E-state index in [1.54, 1.807) is 7.11 Å². The van der Waals surface area contributed by atoms with E-state index < -0.39 is 5.91 Å². The molecule has 1 aromatic rings. The van der Waals surface area contributed by atoms with Crippen molar-refractivity contribution in [2.45, 2.75) is 19.4 Å². The first-order chi connectivity index (χ1) is 11.0. The van der Waals surface area contributed by atoms with Crippen molar-refractivity contribution < 1.29 is 14.3 Å². The second kappa shape index (κ2) is 8.38. The molecule has 1 heterocycles. The lowest BCUT2D eigenvalue weighted by atomic mass is 9.97. The quantitative estimate of drug-likeness (QED) is 0.782. The normalized spacial score (nSPS) is 16.3. The number of primary amides is 1. The average Bonchev–Trinajstić information content (AvgIpc) is 2.54. The zero-order valence-electron chi connectivity index (χ0n) is 13.4. The topological polar surface area (TPSA) is 90.8 Å². The second-order valence-corrected chi connectivity index (χ2v) is 6.23. The zero-order chi connectivity index (χ0) is 16.8. The van der Waals surface area contributed by atoms with Crippen LogP contribution in [0.3, 0.4) is 0 Å². The molecule has 23 heavy (non-hydrogen) atoms. The maximum Gasteiger partial charge on any atom is 0.255 e. The molecule has 2 rings (SSSR count). The van der Waals surface area contributed by atoms with E-state index in [0.29, 0.717) is 22.4 Å². The number of halogens is 1. The number of likely N-dealkylation sites (tertiary alicyclic amines) is 1. The smallest absolute Gasteiger partial charge is 0.255 e. The Morgan fingerprint density at radius 1 is 1.39 bits per heavy atom. The largest absolute Gasteiger partial charge is 0.493 e. The SMILES string of the molecule is COc1cc(CN2CCC(CN)CC2)cc(Cl)c1OCC(N)=O. The van der Waals surface area contributed by atoms with Crippen molar-refractivity contribution in [3.05, 3.63) is 22.7 Å². The van der Waals surface area contributed by atoms with Gasteiger partial charge in [0.05, 0.1) is 12.1 Å². The van der Waals surface area contributed by atoms with Gasteiger partial charge in [-0.05, 0) is 56.1 Å². The summed E-state index contributed by atoms with van der Waals surface area (Å²) in [6, 6.07) is 3.73. The molecule has 0 atom stereocenters. The first kappa shape index (κ1) is 17.8. The maximum absolute atomic E-state index is 10.9. The summed E-state index contributed by atoms with van der Waals surface area (Å²) < 4.78 is 10.7. The Bertz CT molecular complexity index is 546. The Labute approximate surface area is 141 Å². The van der Waals surface area contributed by atoms with Crippen molar-refractivity contribution in [2.24, 2.45) is 17.4 Å². The number of piperidine rings is 1. The van der Waals surface area contributed by atoms with Gasteiger partial charge in [-0.3, -0.25) is 9.69 Å². The van der Waals surface area contributed by atoms with Crippen molar-refractivity contribution in [1.82, 2.24) is 4.90 Å². The fourth-order valence-corrected chi connectivity index (χ4v) is 3.07. The lowest BCUT2D eigenvalue weighted by molar-refractivity contribution is -0.119. The van der Waals surface area contributed by atoms with E-state index in [2.05, 4.69) is 4.90 Å². The number of carbonyl (C=O) groups excluding carboxylic acids is 1. The molecule has 0 bridgehead atoms. The van der Waals surface area contributed by atoms with E-state index in [9.17, 15) is 4.79 Å². The summed E-state index contributed by atoms with van der Waals surface area (Å²) in [5.74, 6) is 0.924. The number of nitrogens with zero attached hydrogens (tertiary/aromatic N) is 1. The summed E-state index contributed by atoms with van der Waals surface area (Å²) in [6.45, 7) is 3.38. The van der Waals surface area contributed by atoms with Gasteiger partial charge in [-0.2, -0.15) is 0 Å². The molecule has 128 valence electrons. The summed E-state index contributed by atoms with van der Waals surface area (Å²) in [4.78, 5) is 13.2. The zero-order valence-corrected chi connectivity index (χ0v) is 14.1. The van der Waals surface area contributed by atoms with Crippen molar-refractivity contribution in [3.63, 3.8) is 0 Å². The number of carbonyl (C=O) groups is 1. The van der Waals surface area contributed by atoms with Gasteiger partial charge in [0.15, 0.2) is 18.1 Å². The van der Waals surface area contributed by atoms with Crippen LogP contribution in [0.15, 0.2) is 12.1 Å². The van der Waals surface area contributed by atoms with Crippen LogP contribution in [-0.2, 0) is 11.3 Å². The van der Waals surface area contributed by atoms with Gasteiger partial charge in [0, 0.05) is 6.54 Å². The van der Waals surface area contributed by atoms with Crippen LogP contribution in [-0.4, -0.2) is 44.2 Å². The molecule has 0 aliphatic carbocycles. The highest BCUT2D eigenvalue weighted by Gasteiger charge is 2.19. The molecule has 0 unspecified atom stereocenters. The predicted octanol–water partition coefficient (Wildman–Crippen LogP) is 1.38. The molecule has 0 saturated carbocycles. The number of ether oxygens (including phenoxy) is 2. The van der Waals surface area contributed by atoms with Crippen LogP contribution in [0.4, 0.5) is 0 Å². The molecule has 0 aromatic heterocycles. The molecular weight excluding hydrogens is 318 g/mol. The Balaban J connectivity index is 2.05. The van der Waals surface area contributed by atoms with Gasteiger partial charge in [0.25, 0.3) is 5.91 Å². The van der Waals surface area contributed by atoms with Gasteiger partial charge < -0.3 is 20.9 Å². The summed E-state index contributed by atoms with van der Waals surface area (Å²) in [6.07, 6.45) is 2.25. The van der Waals surface area contributed by atoms with E-state index in [1.807, 2.05) is 12.1 Å². The first-order valence-electron chi connectivity index (χ1n) is 7.73. The molecular formula is C16H24ClN3O3. The Morgan fingerprint density at radius 3 is 2.65 bits per heavy atom. The van der Waals surface area contributed by atoms with Gasteiger partial charge in [0.1, 0.15) is 0 Å². The van der Waals surface area contributed by atoms with Crippen LogP contribution in [0.25, 0.3) is 0 Å². The monoisotopic (exact) mass is 341 g/mol. The standard InChI is InChI=1S/C16H24ClN3O3/c1-22-14-7-12(6-13(17)16(14)23-10-15(19)21)9-20-4-2-11(8-18)3-5-20/h6-7,11H,2-5,8-10,18H2,1H3,(H2,19,21). The Kier molecular flexibility index (Phi) is 6.50. The minimum atomic E-state index is -0.560. The van der Waals surface area contributed by atoms with Crippen molar-refractivity contribution in [1.29, 1.82) is 0 Å². The lowest BCUT2D eigenvalue weighted by Crippen LogP contribution is -2.35. The van der Waals surface area contributed by atoms with Crippen LogP contribution in [0.5, 0.6) is 11.5 Å². The minimum Gasteiger partial charge on any atom is -0.493 e. The van der Waals surface area contributed by atoms with Gasteiger partial charge in [-0.25, -0.2) is 0 Å². The Hall–Kier alpha value is -1.50. The summed E-state index contributed by atoms with van der Waals surface area (Å²) >= 11 is 6.27. The fourth-order valence-electron chi connectivity index (χ4n) is 2.79. The van der Waals surface area contributed by atoms with E-state index >= 15 is 0 Å². The maximum atomic E-state index is 10.9. The van der Waals surface area contributed by atoms with Crippen LogP contribution < -0.4 is 20.9 Å². The predicted molar refractivity (Wildman–Crippen MR) is 89.7 cm³/mol. The van der Waals surface area contributed by atoms with Gasteiger partial charge in [-0.15, -0.1) is 0 Å². The highest BCUT2D eigenvalue weighted by Crippen LogP contribution is 2.37. The van der Waals surface area contributed by atoms with Crippen molar-refractivity contribution in [3.8, 4) is 11.5 Å². The number of rotatable bonds is 7.